The molecule has 1 rings (SSSR count). The molecule has 1 aromatic rings. The molecule has 0 amide bonds. The van der Waals surface area contributed by atoms with E-state index in [0.717, 1.165) is 0 Å². The molecule has 0 spiro atoms. The Hall–Kier alpha value is -0.633. The van der Waals surface area contributed by atoms with E-state index in [1.54, 1.807) is 0 Å². The van der Waals surface area contributed by atoms with Gasteiger partial charge in [-0.15, -0.1) is 0 Å². The summed E-state index contributed by atoms with van der Waals surface area (Å²) in [4.78, 5) is 4.09. The van der Waals surface area contributed by atoms with Gasteiger partial charge in [0, 0.05) is 20.5 Å². The molecule has 0 fully saturated rings. The standard InChI is InChI=1S/C9H15NSi/c1-11(2,3)8-9-5-4-6-10-7-9/h4-7H,8H2,1-3H3. The molecule has 0 atom stereocenters. The third-order valence-corrected chi connectivity index (χ3v) is 2.93. The summed E-state index contributed by atoms with van der Waals surface area (Å²) in [5.41, 5.74) is 1.38. The van der Waals surface area contributed by atoms with Gasteiger partial charge in [0.2, 0.25) is 0 Å². The van der Waals surface area contributed by atoms with Crippen molar-refractivity contribution < 1.29 is 0 Å². The van der Waals surface area contributed by atoms with Crippen molar-refractivity contribution in [3.8, 4) is 0 Å². The highest BCUT2D eigenvalue weighted by atomic mass is 28.3. The first-order valence-corrected chi connectivity index (χ1v) is 7.67. The lowest BCUT2D eigenvalue weighted by atomic mass is 10.3. The van der Waals surface area contributed by atoms with Crippen LogP contribution in [-0.2, 0) is 6.04 Å². The largest absolute Gasteiger partial charge is 0.264 e. The van der Waals surface area contributed by atoms with Gasteiger partial charge >= 0.3 is 0 Å². The monoisotopic (exact) mass is 165 g/mol. The third kappa shape index (κ3) is 3.32. The molecule has 0 saturated carbocycles. The SMILES string of the molecule is C[Si](C)(C)Cc1cccnc1. The summed E-state index contributed by atoms with van der Waals surface area (Å²) in [6.07, 6.45) is 3.80. The molecule has 2 heteroatoms. The van der Waals surface area contributed by atoms with Crippen LogP contribution in [0.2, 0.25) is 19.6 Å². The molecular formula is C9H15NSi. The zero-order valence-corrected chi connectivity index (χ0v) is 8.46. The van der Waals surface area contributed by atoms with Crippen LogP contribution in [0.5, 0.6) is 0 Å². The Bertz CT molecular complexity index is 213. The number of hydrogen-bond acceptors (Lipinski definition) is 1. The number of aromatic nitrogens is 1. The van der Waals surface area contributed by atoms with Gasteiger partial charge in [-0.3, -0.25) is 4.98 Å². The smallest absolute Gasteiger partial charge is 0.0487 e. The fourth-order valence-corrected chi connectivity index (χ4v) is 2.55. The van der Waals surface area contributed by atoms with Crippen LogP contribution in [0.4, 0.5) is 0 Å². The normalized spacial score (nSPS) is 11.5. The summed E-state index contributed by atoms with van der Waals surface area (Å²) in [6.45, 7) is 7.12. The Kier molecular flexibility index (Phi) is 2.44. The molecule has 1 aromatic heterocycles. The molecule has 0 radical (unpaired) electrons. The van der Waals surface area contributed by atoms with E-state index < -0.39 is 8.07 Å². The van der Waals surface area contributed by atoms with Crippen molar-refractivity contribution in [1.29, 1.82) is 0 Å². The van der Waals surface area contributed by atoms with Crippen molar-refractivity contribution in [3.63, 3.8) is 0 Å². The lowest BCUT2D eigenvalue weighted by molar-refractivity contribution is 1.21. The maximum atomic E-state index is 4.09. The summed E-state index contributed by atoms with van der Waals surface area (Å²) < 4.78 is 0. The van der Waals surface area contributed by atoms with Gasteiger partial charge in [-0.05, 0) is 17.7 Å². The molecule has 60 valence electrons. The minimum absolute atomic E-state index is 0.938. The molecule has 11 heavy (non-hydrogen) atoms. The van der Waals surface area contributed by atoms with Gasteiger partial charge in [-0.25, -0.2) is 0 Å². The first-order chi connectivity index (χ1) is 5.08. The second-order valence-corrected chi connectivity index (χ2v) is 9.57. The Morgan fingerprint density at radius 1 is 1.36 bits per heavy atom. The van der Waals surface area contributed by atoms with E-state index in [-0.39, 0.29) is 0 Å². The van der Waals surface area contributed by atoms with Crippen molar-refractivity contribution in [2.24, 2.45) is 0 Å². The highest BCUT2D eigenvalue weighted by molar-refractivity contribution is 6.75. The van der Waals surface area contributed by atoms with Crippen molar-refractivity contribution in [1.82, 2.24) is 4.98 Å². The molecular weight excluding hydrogens is 150 g/mol. The Balaban J connectivity index is 2.66. The highest BCUT2D eigenvalue weighted by Crippen LogP contribution is 2.09. The van der Waals surface area contributed by atoms with Crippen LogP contribution in [0.15, 0.2) is 24.5 Å². The van der Waals surface area contributed by atoms with Crippen LogP contribution >= 0.6 is 0 Å². The van der Waals surface area contributed by atoms with E-state index in [1.165, 1.54) is 11.6 Å². The van der Waals surface area contributed by atoms with Crippen LogP contribution in [0.3, 0.4) is 0 Å². The van der Waals surface area contributed by atoms with Crippen molar-refractivity contribution in [3.05, 3.63) is 30.1 Å². The Morgan fingerprint density at radius 2 is 2.09 bits per heavy atom. The third-order valence-electron chi connectivity index (χ3n) is 1.46. The van der Waals surface area contributed by atoms with E-state index in [0.29, 0.717) is 0 Å². The summed E-state index contributed by atoms with van der Waals surface area (Å²) in [5, 5.41) is 0. The lowest BCUT2D eigenvalue weighted by Gasteiger charge is -2.14. The Morgan fingerprint density at radius 3 is 2.55 bits per heavy atom. The first-order valence-electron chi connectivity index (χ1n) is 3.97. The van der Waals surface area contributed by atoms with E-state index in [9.17, 15) is 0 Å². The molecule has 0 saturated heterocycles. The topological polar surface area (TPSA) is 12.9 Å². The lowest BCUT2D eigenvalue weighted by Crippen LogP contribution is -2.23. The zero-order valence-electron chi connectivity index (χ0n) is 7.46. The highest BCUT2D eigenvalue weighted by Gasteiger charge is 2.12. The summed E-state index contributed by atoms with van der Waals surface area (Å²) in [5.74, 6) is 0. The maximum absolute atomic E-state index is 4.09. The number of pyridine rings is 1. The van der Waals surface area contributed by atoms with Gasteiger partial charge in [-0.1, -0.05) is 25.7 Å². The average molecular weight is 165 g/mol. The van der Waals surface area contributed by atoms with Gasteiger partial charge in [0.05, 0.1) is 0 Å². The quantitative estimate of drug-likeness (QED) is 0.614. The summed E-state index contributed by atoms with van der Waals surface area (Å²) >= 11 is 0. The summed E-state index contributed by atoms with van der Waals surface area (Å²) in [7, 11) is -0.938. The van der Waals surface area contributed by atoms with Crippen LogP contribution in [0, 0.1) is 0 Å². The second-order valence-electron chi connectivity index (χ2n) is 4.10. The van der Waals surface area contributed by atoms with E-state index >= 15 is 0 Å². The minimum Gasteiger partial charge on any atom is -0.264 e. The van der Waals surface area contributed by atoms with Gasteiger partial charge in [-0.2, -0.15) is 0 Å². The number of rotatable bonds is 2. The van der Waals surface area contributed by atoms with E-state index in [4.69, 9.17) is 0 Å². The maximum Gasteiger partial charge on any atom is 0.0487 e. The molecule has 0 aromatic carbocycles. The van der Waals surface area contributed by atoms with Gasteiger partial charge < -0.3 is 0 Å². The van der Waals surface area contributed by atoms with Gasteiger partial charge in [0.1, 0.15) is 0 Å². The molecule has 1 nitrogen and oxygen atoms in total. The zero-order chi connectivity index (χ0) is 8.32. The second kappa shape index (κ2) is 3.18. The van der Waals surface area contributed by atoms with E-state index in [2.05, 4.69) is 30.7 Å². The van der Waals surface area contributed by atoms with Crippen LogP contribution in [0.25, 0.3) is 0 Å². The molecule has 0 unspecified atom stereocenters. The molecule has 0 aliphatic carbocycles. The van der Waals surface area contributed by atoms with Crippen LogP contribution < -0.4 is 0 Å². The molecule has 0 N–H and O–H groups in total. The van der Waals surface area contributed by atoms with Crippen LogP contribution in [-0.4, -0.2) is 13.1 Å². The average Bonchev–Trinajstić information content (AvgIpc) is 1.85. The fraction of sp³-hybridized carbons (Fsp3) is 0.444. The predicted octanol–water partition coefficient (Wildman–Crippen LogP) is 2.50. The van der Waals surface area contributed by atoms with Crippen molar-refractivity contribution in [2.45, 2.75) is 25.7 Å². The first kappa shape index (κ1) is 8.46. The molecule has 1 heterocycles. The predicted molar refractivity (Wildman–Crippen MR) is 51.3 cm³/mol. The molecule has 0 aliphatic rings. The number of nitrogens with zero attached hydrogens (tertiary/aromatic N) is 1. The Labute approximate surface area is 69.5 Å². The van der Waals surface area contributed by atoms with Crippen molar-refractivity contribution in [2.75, 3.05) is 0 Å². The van der Waals surface area contributed by atoms with Gasteiger partial charge in [0.25, 0.3) is 0 Å². The number of hydrogen-bond donors (Lipinski definition) is 0. The molecule has 0 aliphatic heterocycles. The van der Waals surface area contributed by atoms with E-state index in [1.807, 2.05) is 18.5 Å². The molecule has 0 bridgehead atoms. The van der Waals surface area contributed by atoms with Gasteiger partial charge in [0.15, 0.2) is 0 Å². The van der Waals surface area contributed by atoms with Crippen molar-refractivity contribution >= 4 is 8.07 Å². The fourth-order valence-electron chi connectivity index (χ4n) is 1.12. The van der Waals surface area contributed by atoms with Crippen LogP contribution in [0.1, 0.15) is 5.56 Å². The summed E-state index contributed by atoms with van der Waals surface area (Å²) in [6, 6.07) is 5.40. The minimum atomic E-state index is -0.938.